The molecule has 144 valence electrons. The molecular formula is C18H15Cl2N5O3. The molecule has 1 aromatic heterocycles. The molecule has 0 bridgehead atoms. The minimum Gasteiger partial charge on any atom is -0.350 e. The molecule has 0 aliphatic carbocycles. The second kappa shape index (κ2) is 8.37. The summed E-state index contributed by atoms with van der Waals surface area (Å²) in [5.41, 5.74) is 1.81. The molecule has 0 atom stereocenters. The standard InChI is InChI=1S/C18H15Cl2N5O3/c1-11-17(18(26)21-9-8-12-4-2-7-15(19)16(12)20)22-23-24(11)13-5-3-6-14(10-13)25(27)28/h2-7,10H,8-9H2,1H3,(H,21,26). The van der Waals surface area contributed by atoms with Crippen LogP contribution in [0.25, 0.3) is 5.69 Å². The van der Waals surface area contributed by atoms with E-state index in [1.54, 1.807) is 31.2 Å². The summed E-state index contributed by atoms with van der Waals surface area (Å²) >= 11 is 12.1. The van der Waals surface area contributed by atoms with Crippen molar-refractivity contribution in [3.63, 3.8) is 0 Å². The van der Waals surface area contributed by atoms with Crippen molar-refractivity contribution in [2.45, 2.75) is 13.3 Å². The van der Waals surface area contributed by atoms with Gasteiger partial charge < -0.3 is 5.32 Å². The molecule has 3 aromatic rings. The fourth-order valence-corrected chi connectivity index (χ4v) is 3.07. The van der Waals surface area contributed by atoms with Crippen molar-refractivity contribution < 1.29 is 9.72 Å². The molecule has 0 saturated carbocycles. The highest BCUT2D eigenvalue weighted by Crippen LogP contribution is 2.25. The lowest BCUT2D eigenvalue weighted by Gasteiger charge is -2.07. The first-order chi connectivity index (χ1) is 13.4. The SMILES string of the molecule is Cc1c(C(=O)NCCc2cccc(Cl)c2Cl)nnn1-c1cccc([N+](=O)[O-])c1. The first-order valence-corrected chi connectivity index (χ1v) is 9.02. The average molecular weight is 420 g/mol. The molecule has 1 N–H and O–H groups in total. The number of rotatable bonds is 6. The molecule has 28 heavy (non-hydrogen) atoms. The fraction of sp³-hybridized carbons (Fsp3) is 0.167. The van der Waals surface area contributed by atoms with Crippen LogP contribution in [0.4, 0.5) is 5.69 Å². The Morgan fingerprint density at radius 2 is 2.00 bits per heavy atom. The van der Waals surface area contributed by atoms with Crippen LogP contribution in [0.1, 0.15) is 21.7 Å². The van der Waals surface area contributed by atoms with Gasteiger partial charge in [-0.15, -0.1) is 5.10 Å². The van der Waals surface area contributed by atoms with Crippen molar-refractivity contribution in [3.05, 3.63) is 79.6 Å². The Morgan fingerprint density at radius 3 is 2.75 bits per heavy atom. The van der Waals surface area contributed by atoms with E-state index in [0.717, 1.165) is 5.56 Å². The normalized spacial score (nSPS) is 10.7. The lowest BCUT2D eigenvalue weighted by molar-refractivity contribution is -0.384. The number of nitro benzene ring substituents is 1. The summed E-state index contributed by atoms with van der Waals surface area (Å²) in [5, 5.41) is 22.5. The Balaban J connectivity index is 1.71. The predicted octanol–water partition coefficient (Wildman–Crippen LogP) is 3.76. The first-order valence-electron chi connectivity index (χ1n) is 8.26. The Kier molecular flexibility index (Phi) is 5.91. The lowest BCUT2D eigenvalue weighted by Crippen LogP contribution is -2.26. The summed E-state index contributed by atoms with van der Waals surface area (Å²) in [4.78, 5) is 22.9. The van der Waals surface area contributed by atoms with Crippen LogP contribution in [-0.4, -0.2) is 32.4 Å². The Bertz CT molecular complexity index is 1050. The van der Waals surface area contributed by atoms with Crippen LogP contribution in [0.2, 0.25) is 10.0 Å². The van der Waals surface area contributed by atoms with Crippen molar-refractivity contribution in [2.75, 3.05) is 6.54 Å². The first kappa shape index (κ1) is 19.8. The van der Waals surface area contributed by atoms with Crippen molar-refractivity contribution in [2.24, 2.45) is 0 Å². The lowest BCUT2D eigenvalue weighted by atomic mass is 10.1. The smallest absolute Gasteiger partial charge is 0.273 e. The number of hydrogen-bond donors (Lipinski definition) is 1. The molecule has 3 rings (SSSR count). The third-order valence-corrected chi connectivity index (χ3v) is 4.96. The average Bonchev–Trinajstić information content (AvgIpc) is 3.06. The summed E-state index contributed by atoms with van der Waals surface area (Å²) in [6, 6.07) is 11.3. The van der Waals surface area contributed by atoms with Gasteiger partial charge in [-0.2, -0.15) is 0 Å². The van der Waals surface area contributed by atoms with Gasteiger partial charge in [-0.25, -0.2) is 4.68 Å². The zero-order valence-electron chi connectivity index (χ0n) is 14.7. The van der Waals surface area contributed by atoms with E-state index in [1.807, 2.05) is 6.07 Å². The second-order valence-corrected chi connectivity index (χ2v) is 6.72. The zero-order chi connectivity index (χ0) is 20.3. The Labute approximate surface area is 170 Å². The molecule has 1 amide bonds. The molecule has 0 aliphatic rings. The number of amides is 1. The summed E-state index contributed by atoms with van der Waals surface area (Å²) in [5.74, 6) is -0.396. The van der Waals surface area contributed by atoms with Crippen LogP contribution >= 0.6 is 23.2 Å². The molecule has 0 fully saturated rings. The van der Waals surface area contributed by atoms with Crippen LogP contribution in [0.5, 0.6) is 0 Å². The quantitative estimate of drug-likeness (QED) is 0.483. The second-order valence-electron chi connectivity index (χ2n) is 5.93. The van der Waals surface area contributed by atoms with E-state index in [9.17, 15) is 14.9 Å². The molecule has 0 saturated heterocycles. The van der Waals surface area contributed by atoms with Crippen LogP contribution in [0.3, 0.4) is 0 Å². The van der Waals surface area contributed by atoms with Gasteiger partial charge in [-0.05, 0) is 31.0 Å². The fourth-order valence-electron chi connectivity index (χ4n) is 2.66. The third kappa shape index (κ3) is 4.13. The molecular weight excluding hydrogens is 405 g/mol. The number of halogens is 2. The van der Waals surface area contributed by atoms with Crippen LogP contribution in [-0.2, 0) is 6.42 Å². The molecule has 0 radical (unpaired) electrons. The number of aromatic nitrogens is 3. The van der Waals surface area contributed by atoms with Gasteiger partial charge in [-0.3, -0.25) is 14.9 Å². The van der Waals surface area contributed by atoms with Gasteiger partial charge in [0.2, 0.25) is 0 Å². The molecule has 10 heteroatoms. The third-order valence-electron chi connectivity index (χ3n) is 4.11. The van der Waals surface area contributed by atoms with Crippen molar-refractivity contribution in [1.82, 2.24) is 20.3 Å². The van der Waals surface area contributed by atoms with Gasteiger partial charge in [0.05, 0.1) is 26.3 Å². The topological polar surface area (TPSA) is 103 Å². The van der Waals surface area contributed by atoms with Gasteiger partial charge in [-0.1, -0.05) is 46.6 Å². The predicted molar refractivity (Wildman–Crippen MR) is 105 cm³/mol. The number of carbonyl (C=O) groups excluding carboxylic acids is 1. The summed E-state index contributed by atoms with van der Waals surface area (Å²) in [7, 11) is 0. The maximum absolute atomic E-state index is 12.4. The molecule has 0 spiro atoms. The maximum atomic E-state index is 12.4. The van der Waals surface area contributed by atoms with Gasteiger partial charge >= 0.3 is 0 Å². The van der Waals surface area contributed by atoms with E-state index >= 15 is 0 Å². The molecule has 0 unspecified atom stereocenters. The Morgan fingerprint density at radius 1 is 1.25 bits per heavy atom. The summed E-state index contributed by atoms with van der Waals surface area (Å²) < 4.78 is 1.38. The molecule has 0 aliphatic heterocycles. The largest absolute Gasteiger partial charge is 0.350 e. The molecule has 8 nitrogen and oxygen atoms in total. The highest BCUT2D eigenvalue weighted by atomic mass is 35.5. The van der Waals surface area contributed by atoms with E-state index in [0.29, 0.717) is 34.4 Å². The number of non-ortho nitro benzene ring substituents is 1. The van der Waals surface area contributed by atoms with Crippen LogP contribution in [0, 0.1) is 17.0 Å². The monoisotopic (exact) mass is 419 g/mol. The minimum absolute atomic E-state index is 0.0724. The van der Waals surface area contributed by atoms with E-state index in [-0.39, 0.29) is 11.4 Å². The van der Waals surface area contributed by atoms with E-state index in [2.05, 4.69) is 15.6 Å². The van der Waals surface area contributed by atoms with Gasteiger partial charge in [0, 0.05) is 18.7 Å². The Hall–Kier alpha value is -2.97. The van der Waals surface area contributed by atoms with Crippen LogP contribution < -0.4 is 5.32 Å². The number of carbonyl (C=O) groups is 1. The number of nitrogens with one attached hydrogen (secondary N) is 1. The van der Waals surface area contributed by atoms with Gasteiger partial charge in [0.15, 0.2) is 5.69 Å². The van der Waals surface area contributed by atoms with E-state index < -0.39 is 10.8 Å². The van der Waals surface area contributed by atoms with Crippen LogP contribution in [0.15, 0.2) is 42.5 Å². The number of hydrogen-bond acceptors (Lipinski definition) is 5. The van der Waals surface area contributed by atoms with Gasteiger partial charge in [0.25, 0.3) is 11.6 Å². The van der Waals surface area contributed by atoms with E-state index in [1.165, 1.54) is 16.8 Å². The van der Waals surface area contributed by atoms with Crippen molar-refractivity contribution >= 4 is 34.8 Å². The summed E-state index contributed by atoms with van der Waals surface area (Å²) in [6.07, 6.45) is 0.503. The van der Waals surface area contributed by atoms with Crippen molar-refractivity contribution in [1.29, 1.82) is 0 Å². The highest BCUT2D eigenvalue weighted by molar-refractivity contribution is 6.42. The summed E-state index contributed by atoms with van der Waals surface area (Å²) in [6.45, 7) is 2.00. The minimum atomic E-state index is -0.496. The number of nitrogens with zero attached hydrogens (tertiary/aromatic N) is 4. The highest BCUT2D eigenvalue weighted by Gasteiger charge is 2.18. The maximum Gasteiger partial charge on any atom is 0.273 e. The van der Waals surface area contributed by atoms with Gasteiger partial charge in [0.1, 0.15) is 0 Å². The number of nitro groups is 1. The number of benzene rings is 2. The van der Waals surface area contributed by atoms with Crippen molar-refractivity contribution in [3.8, 4) is 5.69 Å². The molecule has 1 heterocycles. The van der Waals surface area contributed by atoms with E-state index in [4.69, 9.17) is 23.2 Å². The zero-order valence-corrected chi connectivity index (χ0v) is 16.2. The molecule has 2 aromatic carbocycles.